The SMILES string of the molecule is CCc1ccc(CC(=O)c2ccccc2SC)cc1. The highest BCUT2D eigenvalue weighted by Gasteiger charge is 2.10. The van der Waals surface area contributed by atoms with Gasteiger partial charge in [0.1, 0.15) is 0 Å². The van der Waals surface area contributed by atoms with Crippen LogP contribution in [0.5, 0.6) is 0 Å². The molecule has 0 amide bonds. The maximum atomic E-state index is 12.3. The van der Waals surface area contributed by atoms with E-state index >= 15 is 0 Å². The van der Waals surface area contributed by atoms with E-state index in [2.05, 4.69) is 31.2 Å². The molecule has 0 atom stereocenters. The lowest BCUT2D eigenvalue weighted by Crippen LogP contribution is -2.05. The number of rotatable bonds is 5. The Morgan fingerprint density at radius 3 is 2.26 bits per heavy atom. The summed E-state index contributed by atoms with van der Waals surface area (Å²) in [5, 5.41) is 0. The van der Waals surface area contributed by atoms with Crippen molar-refractivity contribution in [3.63, 3.8) is 0 Å². The van der Waals surface area contributed by atoms with Crippen molar-refractivity contribution in [3.05, 3.63) is 65.2 Å². The number of benzene rings is 2. The van der Waals surface area contributed by atoms with E-state index in [1.807, 2.05) is 30.5 Å². The van der Waals surface area contributed by atoms with E-state index in [0.717, 1.165) is 22.4 Å². The minimum atomic E-state index is 0.189. The van der Waals surface area contributed by atoms with Gasteiger partial charge < -0.3 is 0 Å². The molecule has 2 aromatic rings. The molecule has 0 heterocycles. The van der Waals surface area contributed by atoms with Gasteiger partial charge in [0.15, 0.2) is 5.78 Å². The quantitative estimate of drug-likeness (QED) is 0.592. The number of Topliss-reactive ketones (excluding diaryl/α,β-unsaturated/α-hetero) is 1. The van der Waals surface area contributed by atoms with Crippen LogP contribution in [-0.4, -0.2) is 12.0 Å². The normalized spacial score (nSPS) is 10.4. The minimum Gasteiger partial charge on any atom is -0.294 e. The van der Waals surface area contributed by atoms with Crippen LogP contribution in [0.1, 0.15) is 28.4 Å². The lowest BCUT2D eigenvalue weighted by molar-refractivity contribution is 0.0990. The van der Waals surface area contributed by atoms with Crippen molar-refractivity contribution in [3.8, 4) is 0 Å². The molecule has 2 rings (SSSR count). The second kappa shape index (κ2) is 6.58. The van der Waals surface area contributed by atoms with Gasteiger partial charge in [-0.3, -0.25) is 4.79 Å². The Morgan fingerprint density at radius 2 is 1.63 bits per heavy atom. The number of carbonyl (C=O) groups excluding carboxylic acids is 1. The van der Waals surface area contributed by atoms with Gasteiger partial charge in [-0.05, 0) is 29.9 Å². The van der Waals surface area contributed by atoms with Crippen LogP contribution in [0.15, 0.2) is 53.4 Å². The monoisotopic (exact) mass is 270 g/mol. The summed E-state index contributed by atoms with van der Waals surface area (Å²) in [5.74, 6) is 0.189. The topological polar surface area (TPSA) is 17.1 Å². The van der Waals surface area contributed by atoms with E-state index in [0.29, 0.717) is 6.42 Å². The fourth-order valence-electron chi connectivity index (χ4n) is 2.05. The number of hydrogen-bond acceptors (Lipinski definition) is 2. The van der Waals surface area contributed by atoms with E-state index < -0.39 is 0 Å². The Morgan fingerprint density at radius 1 is 1.00 bits per heavy atom. The average Bonchev–Trinajstić information content (AvgIpc) is 2.48. The molecule has 0 unspecified atom stereocenters. The summed E-state index contributed by atoms with van der Waals surface area (Å²) < 4.78 is 0. The number of ketones is 1. The molecule has 1 nitrogen and oxygen atoms in total. The highest BCUT2D eigenvalue weighted by atomic mass is 32.2. The molecule has 2 aromatic carbocycles. The van der Waals surface area contributed by atoms with E-state index in [1.165, 1.54) is 5.56 Å². The Labute approximate surface area is 119 Å². The third-order valence-corrected chi connectivity index (χ3v) is 4.00. The Hall–Kier alpha value is -1.54. The average molecular weight is 270 g/mol. The molecule has 0 aliphatic heterocycles. The molecule has 0 N–H and O–H groups in total. The van der Waals surface area contributed by atoms with Gasteiger partial charge >= 0.3 is 0 Å². The predicted molar refractivity (Wildman–Crippen MR) is 82.1 cm³/mol. The van der Waals surface area contributed by atoms with Crippen molar-refractivity contribution < 1.29 is 4.79 Å². The fourth-order valence-corrected chi connectivity index (χ4v) is 2.66. The van der Waals surface area contributed by atoms with Crippen LogP contribution < -0.4 is 0 Å². The second-order valence-electron chi connectivity index (χ2n) is 4.47. The summed E-state index contributed by atoms with van der Waals surface area (Å²) in [5.41, 5.74) is 3.22. The third kappa shape index (κ3) is 3.48. The van der Waals surface area contributed by atoms with Crippen LogP contribution in [0.25, 0.3) is 0 Å². The molecular formula is C17H18OS. The first-order valence-electron chi connectivity index (χ1n) is 6.48. The first-order chi connectivity index (χ1) is 9.24. The molecule has 0 saturated carbocycles. The van der Waals surface area contributed by atoms with E-state index in [4.69, 9.17) is 0 Å². The summed E-state index contributed by atoms with van der Waals surface area (Å²) in [4.78, 5) is 13.4. The molecule has 0 spiro atoms. The molecule has 0 radical (unpaired) electrons. The second-order valence-corrected chi connectivity index (χ2v) is 5.32. The minimum absolute atomic E-state index is 0.189. The number of hydrogen-bond donors (Lipinski definition) is 0. The van der Waals surface area contributed by atoms with Crippen LogP contribution in [0, 0.1) is 0 Å². The van der Waals surface area contributed by atoms with Crippen LogP contribution in [0.2, 0.25) is 0 Å². The molecule has 0 aliphatic carbocycles. The van der Waals surface area contributed by atoms with E-state index in [1.54, 1.807) is 11.8 Å². The van der Waals surface area contributed by atoms with E-state index in [9.17, 15) is 4.79 Å². The molecule has 0 bridgehead atoms. The Balaban J connectivity index is 2.16. The molecule has 0 fully saturated rings. The molecule has 19 heavy (non-hydrogen) atoms. The van der Waals surface area contributed by atoms with Crippen LogP contribution in [0.4, 0.5) is 0 Å². The molecule has 0 aromatic heterocycles. The summed E-state index contributed by atoms with van der Waals surface area (Å²) in [7, 11) is 0. The van der Waals surface area contributed by atoms with Crippen LogP contribution >= 0.6 is 11.8 Å². The maximum absolute atomic E-state index is 12.3. The highest BCUT2D eigenvalue weighted by molar-refractivity contribution is 7.98. The van der Waals surface area contributed by atoms with E-state index in [-0.39, 0.29) is 5.78 Å². The lowest BCUT2D eigenvalue weighted by atomic mass is 10.0. The number of thioether (sulfide) groups is 1. The summed E-state index contributed by atoms with van der Waals surface area (Å²) in [6, 6.07) is 16.1. The Bertz CT molecular complexity index is 558. The number of aryl methyl sites for hydroxylation is 1. The summed E-state index contributed by atoms with van der Waals surface area (Å²) in [6.45, 7) is 2.13. The van der Waals surface area contributed by atoms with Gasteiger partial charge in [-0.25, -0.2) is 0 Å². The van der Waals surface area contributed by atoms with Crippen LogP contribution in [0.3, 0.4) is 0 Å². The number of carbonyl (C=O) groups is 1. The largest absolute Gasteiger partial charge is 0.294 e. The third-order valence-electron chi connectivity index (χ3n) is 3.20. The van der Waals surface area contributed by atoms with Crippen molar-refractivity contribution in [1.29, 1.82) is 0 Å². The highest BCUT2D eigenvalue weighted by Crippen LogP contribution is 2.21. The van der Waals surface area contributed by atoms with Gasteiger partial charge in [-0.15, -0.1) is 11.8 Å². The lowest BCUT2D eigenvalue weighted by Gasteiger charge is -2.06. The standard InChI is InChI=1S/C17H18OS/c1-3-13-8-10-14(11-9-13)12-16(18)15-6-4-5-7-17(15)19-2/h4-11H,3,12H2,1-2H3. The van der Waals surface area contributed by atoms with Crippen LogP contribution in [-0.2, 0) is 12.8 Å². The first kappa shape index (κ1) is 13.9. The first-order valence-corrected chi connectivity index (χ1v) is 7.71. The smallest absolute Gasteiger partial charge is 0.168 e. The van der Waals surface area contributed by atoms with Gasteiger partial charge in [0.25, 0.3) is 0 Å². The van der Waals surface area contributed by atoms with Crippen molar-refractivity contribution in [2.45, 2.75) is 24.7 Å². The van der Waals surface area contributed by atoms with Gasteiger partial charge in [-0.2, -0.15) is 0 Å². The van der Waals surface area contributed by atoms with Gasteiger partial charge in [0.2, 0.25) is 0 Å². The zero-order chi connectivity index (χ0) is 13.7. The molecular weight excluding hydrogens is 252 g/mol. The Kier molecular flexibility index (Phi) is 4.80. The van der Waals surface area contributed by atoms with Gasteiger partial charge in [-0.1, -0.05) is 49.4 Å². The van der Waals surface area contributed by atoms with Crippen molar-refractivity contribution in [2.75, 3.05) is 6.26 Å². The fraction of sp³-hybridized carbons (Fsp3) is 0.235. The van der Waals surface area contributed by atoms with Crippen molar-refractivity contribution in [1.82, 2.24) is 0 Å². The van der Waals surface area contributed by atoms with Gasteiger partial charge in [0.05, 0.1) is 0 Å². The summed E-state index contributed by atoms with van der Waals surface area (Å²) >= 11 is 1.62. The summed E-state index contributed by atoms with van der Waals surface area (Å²) in [6.07, 6.45) is 3.51. The zero-order valence-corrected chi connectivity index (χ0v) is 12.2. The zero-order valence-electron chi connectivity index (χ0n) is 11.3. The molecule has 2 heteroatoms. The molecule has 0 aliphatic rings. The predicted octanol–water partition coefficient (Wildman–Crippen LogP) is 4.40. The molecule has 0 saturated heterocycles. The maximum Gasteiger partial charge on any atom is 0.168 e. The molecule has 98 valence electrons. The van der Waals surface area contributed by atoms with Crippen molar-refractivity contribution >= 4 is 17.5 Å². The van der Waals surface area contributed by atoms with Crippen molar-refractivity contribution in [2.24, 2.45) is 0 Å². The van der Waals surface area contributed by atoms with Gasteiger partial charge in [0, 0.05) is 16.9 Å².